The molecule has 1 amide bonds. The first-order valence-corrected chi connectivity index (χ1v) is 10.3. The van der Waals surface area contributed by atoms with Crippen LogP contribution in [0.3, 0.4) is 0 Å². The number of rotatable bonds is 5. The predicted molar refractivity (Wildman–Crippen MR) is 114 cm³/mol. The highest BCUT2D eigenvalue weighted by Gasteiger charge is 2.24. The zero-order chi connectivity index (χ0) is 21.3. The lowest BCUT2D eigenvalue weighted by Gasteiger charge is -2.16. The molecule has 30 heavy (non-hydrogen) atoms. The van der Waals surface area contributed by atoms with E-state index < -0.39 is 5.91 Å². The molecule has 156 valence electrons. The Labute approximate surface area is 175 Å². The number of nitrogens with one attached hydrogen (secondary N) is 1. The van der Waals surface area contributed by atoms with Gasteiger partial charge in [-0.05, 0) is 45.2 Å². The summed E-state index contributed by atoms with van der Waals surface area (Å²) in [7, 11) is 0. The number of pyridine rings is 1. The molecule has 4 rings (SSSR count). The Morgan fingerprint density at radius 2 is 1.87 bits per heavy atom. The SMILES string of the molecule is Cc1cnc(Cn2ccc(C)c(C(=O)Nc3c(C)cnn3C3CCCC3)c2=O)cn1. The third-order valence-electron chi connectivity index (χ3n) is 5.65. The summed E-state index contributed by atoms with van der Waals surface area (Å²) in [5, 5.41) is 7.43. The van der Waals surface area contributed by atoms with E-state index in [0.717, 1.165) is 24.1 Å². The van der Waals surface area contributed by atoms with Gasteiger partial charge in [0.25, 0.3) is 11.5 Å². The zero-order valence-corrected chi connectivity index (χ0v) is 17.6. The van der Waals surface area contributed by atoms with E-state index in [4.69, 9.17) is 0 Å². The number of amides is 1. The molecular formula is C22H26N6O2. The summed E-state index contributed by atoms with van der Waals surface area (Å²) in [6, 6.07) is 2.07. The molecule has 1 aliphatic carbocycles. The van der Waals surface area contributed by atoms with Crippen LogP contribution >= 0.6 is 0 Å². The maximum atomic E-state index is 13.1. The number of carbonyl (C=O) groups is 1. The Bertz CT molecular complexity index is 1120. The third kappa shape index (κ3) is 3.90. The summed E-state index contributed by atoms with van der Waals surface area (Å²) in [4.78, 5) is 34.7. The highest BCUT2D eigenvalue weighted by atomic mass is 16.2. The van der Waals surface area contributed by atoms with Crippen LogP contribution in [-0.2, 0) is 6.54 Å². The number of nitrogens with zero attached hydrogens (tertiary/aromatic N) is 5. The lowest BCUT2D eigenvalue weighted by molar-refractivity contribution is 0.102. The predicted octanol–water partition coefficient (Wildman–Crippen LogP) is 3.18. The van der Waals surface area contributed by atoms with Crippen molar-refractivity contribution in [3.05, 3.63) is 69.3 Å². The van der Waals surface area contributed by atoms with Crippen LogP contribution in [0.15, 0.2) is 35.6 Å². The van der Waals surface area contributed by atoms with Crippen LogP contribution in [0.2, 0.25) is 0 Å². The quantitative estimate of drug-likeness (QED) is 0.702. The summed E-state index contributed by atoms with van der Waals surface area (Å²) in [6.45, 7) is 5.80. The van der Waals surface area contributed by atoms with Gasteiger partial charge in [0.1, 0.15) is 11.4 Å². The van der Waals surface area contributed by atoms with Crippen LogP contribution in [0.5, 0.6) is 0 Å². The molecule has 0 aliphatic heterocycles. The van der Waals surface area contributed by atoms with E-state index in [1.165, 1.54) is 17.4 Å². The minimum absolute atomic E-state index is 0.135. The minimum atomic E-state index is -0.412. The average molecular weight is 406 g/mol. The number of carbonyl (C=O) groups excluding carboxylic acids is 1. The van der Waals surface area contributed by atoms with Gasteiger partial charge in [-0.3, -0.25) is 19.6 Å². The highest BCUT2D eigenvalue weighted by molar-refractivity contribution is 6.04. The van der Waals surface area contributed by atoms with Gasteiger partial charge < -0.3 is 9.88 Å². The second-order valence-electron chi connectivity index (χ2n) is 7.97. The molecule has 8 nitrogen and oxygen atoms in total. The number of anilines is 1. The number of hydrogen-bond donors (Lipinski definition) is 1. The fourth-order valence-electron chi connectivity index (χ4n) is 3.94. The van der Waals surface area contributed by atoms with Crippen LogP contribution in [-0.4, -0.2) is 30.2 Å². The Hall–Kier alpha value is -3.29. The molecule has 1 aliphatic rings. The van der Waals surface area contributed by atoms with Crippen LogP contribution in [0.1, 0.15) is 64.6 Å². The van der Waals surface area contributed by atoms with E-state index in [9.17, 15) is 9.59 Å². The van der Waals surface area contributed by atoms with E-state index in [-0.39, 0.29) is 17.7 Å². The second-order valence-corrected chi connectivity index (χ2v) is 7.97. The second kappa shape index (κ2) is 8.22. The van der Waals surface area contributed by atoms with Crippen LogP contribution in [0.25, 0.3) is 0 Å². The Balaban J connectivity index is 1.62. The molecule has 1 N–H and O–H groups in total. The van der Waals surface area contributed by atoms with Crippen molar-refractivity contribution in [2.24, 2.45) is 0 Å². The van der Waals surface area contributed by atoms with E-state index in [1.54, 1.807) is 37.8 Å². The van der Waals surface area contributed by atoms with Crippen molar-refractivity contribution in [1.82, 2.24) is 24.3 Å². The Kier molecular flexibility index (Phi) is 5.48. The Morgan fingerprint density at radius 3 is 2.57 bits per heavy atom. The molecule has 8 heteroatoms. The van der Waals surface area contributed by atoms with Gasteiger partial charge in [0.15, 0.2) is 0 Å². The fourth-order valence-corrected chi connectivity index (χ4v) is 3.94. The summed E-state index contributed by atoms with van der Waals surface area (Å²) in [5.41, 5.74) is 2.78. The molecule has 1 fully saturated rings. The minimum Gasteiger partial charge on any atom is -0.309 e. The van der Waals surface area contributed by atoms with Crippen molar-refractivity contribution in [1.29, 1.82) is 0 Å². The molecule has 0 bridgehead atoms. The van der Waals surface area contributed by atoms with E-state index >= 15 is 0 Å². The largest absolute Gasteiger partial charge is 0.309 e. The summed E-state index contributed by atoms with van der Waals surface area (Å²) >= 11 is 0. The van der Waals surface area contributed by atoms with Crippen LogP contribution < -0.4 is 10.9 Å². The first kappa shape index (κ1) is 20.0. The van der Waals surface area contributed by atoms with Crippen molar-refractivity contribution in [2.45, 2.75) is 59.0 Å². The third-order valence-corrected chi connectivity index (χ3v) is 5.65. The van der Waals surface area contributed by atoms with Gasteiger partial charge in [-0.25, -0.2) is 4.68 Å². The lowest BCUT2D eigenvalue weighted by Crippen LogP contribution is -2.31. The van der Waals surface area contributed by atoms with Gasteiger partial charge >= 0.3 is 0 Å². The monoisotopic (exact) mass is 406 g/mol. The molecule has 3 aromatic rings. The molecule has 0 radical (unpaired) electrons. The summed E-state index contributed by atoms with van der Waals surface area (Å²) < 4.78 is 3.39. The van der Waals surface area contributed by atoms with Gasteiger partial charge in [0.2, 0.25) is 0 Å². The highest BCUT2D eigenvalue weighted by Crippen LogP contribution is 2.32. The van der Waals surface area contributed by atoms with Crippen LogP contribution in [0, 0.1) is 20.8 Å². The molecule has 3 heterocycles. The molecular weight excluding hydrogens is 380 g/mol. The van der Waals surface area contributed by atoms with Gasteiger partial charge in [0.05, 0.1) is 36.4 Å². The van der Waals surface area contributed by atoms with Gasteiger partial charge in [-0.2, -0.15) is 5.10 Å². The van der Waals surface area contributed by atoms with Crippen molar-refractivity contribution >= 4 is 11.7 Å². The normalized spacial score (nSPS) is 14.2. The Morgan fingerprint density at radius 1 is 1.10 bits per heavy atom. The van der Waals surface area contributed by atoms with E-state index in [0.29, 0.717) is 23.1 Å². The first-order chi connectivity index (χ1) is 14.4. The molecule has 3 aromatic heterocycles. The van der Waals surface area contributed by atoms with Crippen molar-refractivity contribution in [2.75, 3.05) is 5.32 Å². The number of aromatic nitrogens is 5. The van der Waals surface area contributed by atoms with Crippen LogP contribution in [0.4, 0.5) is 5.82 Å². The number of aryl methyl sites for hydroxylation is 3. The average Bonchev–Trinajstić information content (AvgIpc) is 3.36. The summed E-state index contributed by atoms with van der Waals surface area (Å²) in [6.07, 6.45) is 11.2. The maximum Gasteiger partial charge on any atom is 0.264 e. The van der Waals surface area contributed by atoms with Gasteiger partial charge in [-0.15, -0.1) is 0 Å². The van der Waals surface area contributed by atoms with Crippen molar-refractivity contribution < 1.29 is 4.79 Å². The van der Waals surface area contributed by atoms with E-state index in [1.807, 2.05) is 18.5 Å². The lowest BCUT2D eigenvalue weighted by atomic mass is 10.1. The zero-order valence-electron chi connectivity index (χ0n) is 17.6. The molecule has 0 saturated heterocycles. The molecule has 0 unspecified atom stereocenters. The van der Waals surface area contributed by atoms with E-state index in [2.05, 4.69) is 20.4 Å². The first-order valence-electron chi connectivity index (χ1n) is 10.3. The van der Waals surface area contributed by atoms with Gasteiger partial charge in [0, 0.05) is 18.0 Å². The molecule has 0 aromatic carbocycles. The molecule has 0 spiro atoms. The smallest absolute Gasteiger partial charge is 0.264 e. The summed E-state index contributed by atoms with van der Waals surface area (Å²) in [5.74, 6) is 0.259. The number of hydrogen-bond acceptors (Lipinski definition) is 5. The van der Waals surface area contributed by atoms with Crippen molar-refractivity contribution in [3.8, 4) is 0 Å². The van der Waals surface area contributed by atoms with Crippen molar-refractivity contribution in [3.63, 3.8) is 0 Å². The van der Waals surface area contributed by atoms with Gasteiger partial charge in [-0.1, -0.05) is 12.8 Å². The molecule has 1 saturated carbocycles. The topological polar surface area (TPSA) is 94.7 Å². The standard InChI is InChI=1S/C22H26N6O2/c1-14-8-9-27(13-17-12-23-16(3)11-24-17)22(30)19(14)21(29)26-20-15(2)10-25-28(20)18-6-4-5-7-18/h8-12,18H,4-7,13H2,1-3H3,(H,26,29). The molecule has 0 atom stereocenters. The maximum absolute atomic E-state index is 13.1. The fraction of sp³-hybridized carbons (Fsp3) is 0.409.